The normalized spacial score (nSPS) is 20.6. The molecule has 0 heterocycles. The number of carbonyl (C=O) groups is 2. The maximum absolute atomic E-state index is 11.7. The molecule has 3 heteroatoms. The van der Waals surface area contributed by atoms with Gasteiger partial charge in [0.2, 0.25) is 0 Å². The predicted molar refractivity (Wildman–Crippen MR) is 67.5 cm³/mol. The molecule has 1 atom stereocenters. The second-order valence-electron chi connectivity index (χ2n) is 4.14. The minimum atomic E-state index is -1.19. The Bertz CT molecular complexity index is 587. The van der Waals surface area contributed by atoms with E-state index in [0.717, 1.165) is 11.1 Å². The van der Waals surface area contributed by atoms with Gasteiger partial charge in [0.05, 0.1) is 7.11 Å². The van der Waals surface area contributed by atoms with Crippen LogP contribution in [0, 0.1) is 17.8 Å². The van der Waals surface area contributed by atoms with Crippen LogP contribution in [0.5, 0.6) is 0 Å². The second-order valence-corrected chi connectivity index (χ2v) is 4.14. The third-order valence-electron chi connectivity index (χ3n) is 3.13. The maximum atomic E-state index is 11.7. The van der Waals surface area contributed by atoms with Gasteiger partial charge in [-0.05, 0) is 36.3 Å². The minimum absolute atomic E-state index is 0.231. The Morgan fingerprint density at radius 2 is 1.89 bits per heavy atom. The van der Waals surface area contributed by atoms with Crippen LogP contribution in [-0.2, 0) is 14.3 Å². The smallest absolute Gasteiger partial charge is 0.327 e. The molecule has 0 N–H and O–H groups in total. The SMILES string of the molecule is C#Cc1ccc(C2=C[C@@]2(C(C)=O)C(=O)OC)cc1. The molecule has 0 radical (unpaired) electrons. The van der Waals surface area contributed by atoms with Gasteiger partial charge >= 0.3 is 5.97 Å². The molecular formula is C15H12O3. The van der Waals surface area contributed by atoms with Crippen molar-refractivity contribution in [1.82, 2.24) is 0 Å². The van der Waals surface area contributed by atoms with Gasteiger partial charge in [-0.2, -0.15) is 0 Å². The van der Waals surface area contributed by atoms with E-state index in [-0.39, 0.29) is 5.78 Å². The van der Waals surface area contributed by atoms with Crippen molar-refractivity contribution in [3.63, 3.8) is 0 Å². The van der Waals surface area contributed by atoms with Crippen molar-refractivity contribution < 1.29 is 14.3 Å². The van der Waals surface area contributed by atoms with Crippen molar-refractivity contribution >= 4 is 17.3 Å². The lowest BCUT2D eigenvalue weighted by Gasteiger charge is -2.12. The summed E-state index contributed by atoms with van der Waals surface area (Å²) in [5.41, 5.74) is 1.07. The van der Waals surface area contributed by atoms with Crippen LogP contribution in [0.15, 0.2) is 30.3 Å². The Hall–Kier alpha value is -2.34. The molecule has 0 saturated heterocycles. The number of hydrogen-bond donors (Lipinski definition) is 0. The Morgan fingerprint density at radius 3 is 2.33 bits per heavy atom. The van der Waals surface area contributed by atoms with Crippen molar-refractivity contribution in [2.75, 3.05) is 7.11 Å². The highest BCUT2D eigenvalue weighted by Crippen LogP contribution is 2.52. The predicted octanol–water partition coefficient (Wildman–Crippen LogP) is 1.81. The van der Waals surface area contributed by atoms with Gasteiger partial charge in [0.25, 0.3) is 0 Å². The molecule has 3 nitrogen and oxygen atoms in total. The van der Waals surface area contributed by atoms with Gasteiger partial charge in [-0.25, -0.2) is 0 Å². The summed E-state index contributed by atoms with van der Waals surface area (Å²) in [5, 5.41) is 0. The number of carbonyl (C=O) groups excluding carboxylic acids is 2. The quantitative estimate of drug-likeness (QED) is 0.460. The third kappa shape index (κ3) is 1.63. The van der Waals surface area contributed by atoms with Crippen LogP contribution >= 0.6 is 0 Å². The molecule has 0 saturated carbocycles. The number of ether oxygens (including phenoxy) is 1. The van der Waals surface area contributed by atoms with Gasteiger partial charge in [-0.1, -0.05) is 18.1 Å². The number of methoxy groups -OCH3 is 1. The van der Waals surface area contributed by atoms with E-state index in [0.29, 0.717) is 5.57 Å². The van der Waals surface area contributed by atoms with Gasteiger partial charge in [-0.3, -0.25) is 9.59 Å². The van der Waals surface area contributed by atoms with E-state index in [1.807, 2.05) is 0 Å². The fraction of sp³-hybridized carbons (Fsp3) is 0.200. The zero-order valence-electron chi connectivity index (χ0n) is 10.2. The number of benzene rings is 1. The van der Waals surface area contributed by atoms with Crippen LogP contribution in [0.3, 0.4) is 0 Å². The van der Waals surface area contributed by atoms with E-state index < -0.39 is 11.4 Å². The van der Waals surface area contributed by atoms with Gasteiger partial charge < -0.3 is 4.74 Å². The summed E-state index contributed by atoms with van der Waals surface area (Å²) in [5.74, 6) is 1.75. The molecule has 1 aromatic rings. The molecule has 18 heavy (non-hydrogen) atoms. The molecule has 2 rings (SSSR count). The molecule has 1 aromatic carbocycles. The lowest BCUT2D eigenvalue weighted by molar-refractivity contribution is -0.148. The molecule has 0 aromatic heterocycles. The van der Waals surface area contributed by atoms with Gasteiger partial charge in [-0.15, -0.1) is 6.42 Å². The van der Waals surface area contributed by atoms with Gasteiger partial charge in [0.1, 0.15) is 0 Å². The van der Waals surface area contributed by atoms with E-state index in [4.69, 9.17) is 11.2 Å². The zero-order chi connectivity index (χ0) is 13.3. The minimum Gasteiger partial charge on any atom is -0.468 e. The monoisotopic (exact) mass is 240 g/mol. The largest absolute Gasteiger partial charge is 0.468 e. The van der Waals surface area contributed by atoms with Crippen molar-refractivity contribution in [2.24, 2.45) is 5.41 Å². The first kappa shape index (κ1) is 12.1. The number of ketones is 1. The van der Waals surface area contributed by atoms with Crippen molar-refractivity contribution in [2.45, 2.75) is 6.92 Å². The highest BCUT2D eigenvalue weighted by molar-refractivity contribution is 6.24. The average molecular weight is 240 g/mol. The van der Waals surface area contributed by atoms with E-state index in [9.17, 15) is 9.59 Å². The van der Waals surface area contributed by atoms with Crippen molar-refractivity contribution in [3.8, 4) is 12.3 Å². The lowest BCUT2D eigenvalue weighted by Crippen LogP contribution is -2.28. The summed E-state index contributed by atoms with van der Waals surface area (Å²) in [6.07, 6.45) is 6.90. The van der Waals surface area contributed by atoms with E-state index in [2.05, 4.69) is 5.92 Å². The molecule has 1 aliphatic rings. The number of rotatable bonds is 3. The van der Waals surface area contributed by atoms with Crippen LogP contribution in [0.2, 0.25) is 0 Å². The molecule has 0 amide bonds. The standard InChI is InChI=1S/C15H12O3/c1-4-11-5-7-12(8-6-11)13-9-15(13,10(2)16)14(17)18-3/h1,5-9H,2-3H3/t15-/m0/s1. The Kier molecular flexibility index (Phi) is 2.80. The van der Waals surface area contributed by atoms with Crippen LogP contribution in [0.25, 0.3) is 5.57 Å². The molecule has 0 bridgehead atoms. The lowest BCUT2D eigenvalue weighted by atomic mass is 9.92. The molecule has 0 unspecified atom stereocenters. The van der Waals surface area contributed by atoms with Crippen LogP contribution < -0.4 is 0 Å². The van der Waals surface area contributed by atoms with Crippen molar-refractivity contribution in [3.05, 3.63) is 41.5 Å². The molecule has 0 fully saturated rings. The fourth-order valence-corrected chi connectivity index (χ4v) is 2.00. The average Bonchev–Trinajstić information content (AvgIpc) is 3.14. The fourth-order valence-electron chi connectivity index (χ4n) is 2.00. The summed E-state index contributed by atoms with van der Waals surface area (Å²) < 4.78 is 4.69. The molecule has 90 valence electrons. The Balaban J connectivity index is 2.32. The summed E-state index contributed by atoms with van der Waals surface area (Å²) in [6, 6.07) is 7.15. The molecular weight excluding hydrogens is 228 g/mol. The van der Waals surface area contributed by atoms with E-state index >= 15 is 0 Å². The first-order valence-corrected chi connectivity index (χ1v) is 5.46. The highest BCUT2D eigenvalue weighted by atomic mass is 16.5. The summed E-state index contributed by atoms with van der Waals surface area (Å²) in [6.45, 7) is 1.39. The third-order valence-corrected chi connectivity index (χ3v) is 3.13. The van der Waals surface area contributed by atoms with Crippen LogP contribution in [0.4, 0.5) is 0 Å². The van der Waals surface area contributed by atoms with Gasteiger partial charge in [0.15, 0.2) is 11.2 Å². The number of terminal acetylenes is 1. The Morgan fingerprint density at radius 1 is 1.28 bits per heavy atom. The number of hydrogen-bond acceptors (Lipinski definition) is 3. The van der Waals surface area contributed by atoms with Crippen LogP contribution in [0.1, 0.15) is 18.1 Å². The Labute approximate surface area is 105 Å². The molecule has 0 spiro atoms. The molecule has 0 aliphatic heterocycles. The van der Waals surface area contributed by atoms with Gasteiger partial charge in [0, 0.05) is 5.56 Å². The van der Waals surface area contributed by atoms with Crippen LogP contribution in [-0.4, -0.2) is 18.9 Å². The van der Waals surface area contributed by atoms with E-state index in [1.165, 1.54) is 14.0 Å². The zero-order valence-corrected chi connectivity index (χ0v) is 10.2. The summed E-state index contributed by atoms with van der Waals surface area (Å²) in [7, 11) is 1.28. The van der Waals surface area contributed by atoms with Crippen molar-refractivity contribution in [1.29, 1.82) is 0 Å². The maximum Gasteiger partial charge on any atom is 0.327 e. The first-order chi connectivity index (χ1) is 8.56. The summed E-state index contributed by atoms with van der Waals surface area (Å²) in [4.78, 5) is 23.4. The number of esters is 1. The topological polar surface area (TPSA) is 43.4 Å². The molecule has 1 aliphatic carbocycles. The summed E-state index contributed by atoms with van der Waals surface area (Å²) >= 11 is 0. The number of Topliss-reactive ketones (excluding diaryl/α,β-unsaturated/α-hetero) is 1. The first-order valence-electron chi connectivity index (χ1n) is 5.46. The van der Waals surface area contributed by atoms with E-state index in [1.54, 1.807) is 30.3 Å². The second kappa shape index (κ2) is 4.15. The highest BCUT2D eigenvalue weighted by Gasteiger charge is 2.56.